The summed E-state index contributed by atoms with van der Waals surface area (Å²) in [5, 5.41) is 0. The Morgan fingerprint density at radius 1 is 1.23 bits per heavy atom. The van der Waals surface area contributed by atoms with E-state index in [-0.39, 0.29) is 17.8 Å². The molecule has 0 aliphatic carbocycles. The second-order valence-corrected chi connectivity index (χ2v) is 6.59. The highest BCUT2D eigenvalue weighted by Gasteiger charge is 2.23. The number of morpholine rings is 1. The number of carbonyl (C=O) groups is 1. The zero-order valence-corrected chi connectivity index (χ0v) is 14.7. The van der Waals surface area contributed by atoms with Crippen molar-refractivity contribution in [2.45, 2.75) is 31.8 Å². The van der Waals surface area contributed by atoms with E-state index in [0.29, 0.717) is 38.4 Å². The minimum Gasteiger partial charge on any atom is -0.384 e. The van der Waals surface area contributed by atoms with E-state index >= 15 is 0 Å². The molecule has 0 spiro atoms. The van der Waals surface area contributed by atoms with Crippen molar-refractivity contribution in [2.24, 2.45) is 0 Å². The van der Waals surface area contributed by atoms with Crippen LogP contribution in [0.2, 0.25) is 0 Å². The maximum atomic E-state index is 12.9. The molecule has 6 heteroatoms. The van der Waals surface area contributed by atoms with Gasteiger partial charge in [0, 0.05) is 25.7 Å². The van der Waals surface area contributed by atoms with Crippen molar-refractivity contribution in [2.75, 3.05) is 25.4 Å². The highest BCUT2D eigenvalue weighted by Crippen LogP contribution is 2.15. The van der Waals surface area contributed by atoms with Gasteiger partial charge in [-0.15, -0.1) is 0 Å². The summed E-state index contributed by atoms with van der Waals surface area (Å²) in [6, 6.07) is 10.1. The number of hydrogen-bond acceptors (Lipinski definition) is 4. The molecule has 0 bridgehead atoms. The number of halogens is 1. The molecule has 138 valence electrons. The summed E-state index contributed by atoms with van der Waals surface area (Å²) in [4.78, 5) is 18.3. The summed E-state index contributed by atoms with van der Waals surface area (Å²) in [5.74, 6) is 0.382. The van der Waals surface area contributed by atoms with Crippen LogP contribution in [0.25, 0.3) is 0 Å². The van der Waals surface area contributed by atoms with Gasteiger partial charge >= 0.3 is 0 Å². The molecule has 1 aromatic carbocycles. The fourth-order valence-corrected chi connectivity index (χ4v) is 3.16. The Morgan fingerprint density at radius 2 is 2.04 bits per heavy atom. The minimum atomic E-state index is -0.257. The molecule has 5 nitrogen and oxygen atoms in total. The monoisotopic (exact) mass is 357 g/mol. The molecule has 1 aromatic heterocycles. The van der Waals surface area contributed by atoms with E-state index in [1.165, 1.54) is 12.1 Å². The van der Waals surface area contributed by atoms with Crippen molar-refractivity contribution in [3.8, 4) is 0 Å². The molecule has 26 heavy (non-hydrogen) atoms. The Bertz CT molecular complexity index is 736. The number of benzene rings is 1. The molecule has 0 saturated carbocycles. The number of pyridine rings is 1. The van der Waals surface area contributed by atoms with E-state index < -0.39 is 0 Å². The maximum Gasteiger partial charge on any atom is 0.223 e. The second kappa shape index (κ2) is 8.76. The van der Waals surface area contributed by atoms with Gasteiger partial charge in [-0.3, -0.25) is 4.79 Å². The molecule has 1 saturated heterocycles. The van der Waals surface area contributed by atoms with Gasteiger partial charge in [0.15, 0.2) is 0 Å². The van der Waals surface area contributed by atoms with Gasteiger partial charge in [-0.05, 0) is 54.7 Å². The number of aryl methyl sites for hydroxylation is 2. The molecule has 2 aromatic rings. The number of aromatic nitrogens is 1. The SMILES string of the molecule is Nc1cc(CCC2CN(C(=O)CCc3ccc(F)cc3)CCO2)ccn1. The Morgan fingerprint density at radius 3 is 2.81 bits per heavy atom. The van der Waals surface area contributed by atoms with Gasteiger partial charge in [0.05, 0.1) is 12.7 Å². The van der Waals surface area contributed by atoms with Crippen LogP contribution in [0.1, 0.15) is 24.0 Å². The quantitative estimate of drug-likeness (QED) is 0.863. The predicted octanol–water partition coefficient (Wildman–Crippen LogP) is 2.60. The standard InChI is InChI=1S/C20H24FN3O2/c21-17-5-1-15(2-6-17)4-8-20(25)24-11-12-26-18(14-24)7-3-16-9-10-23-19(22)13-16/h1-2,5-6,9-10,13,18H,3-4,7-8,11-12,14H2,(H2,22,23). The first-order valence-corrected chi connectivity index (χ1v) is 8.94. The number of rotatable bonds is 6. The lowest BCUT2D eigenvalue weighted by Gasteiger charge is -2.33. The van der Waals surface area contributed by atoms with Crippen molar-refractivity contribution in [3.05, 3.63) is 59.5 Å². The minimum absolute atomic E-state index is 0.0351. The molecule has 0 radical (unpaired) electrons. The van der Waals surface area contributed by atoms with Crippen molar-refractivity contribution in [1.29, 1.82) is 0 Å². The van der Waals surface area contributed by atoms with Gasteiger partial charge < -0.3 is 15.4 Å². The summed E-state index contributed by atoms with van der Waals surface area (Å²) < 4.78 is 18.7. The Labute approximate surface area is 153 Å². The largest absolute Gasteiger partial charge is 0.384 e. The molecule has 1 aliphatic rings. The molecule has 3 rings (SSSR count). The zero-order valence-electron chi connectivity index (χ0n) is 14.7. The van der Waals surface area contributed by atoms with Gasteiger partial charge in [0.1, 0.15) is 11.6 Å². The van der Waals surface area contributed by atoms with Crippen LogP contribution < -0.4 is 5.73 Å². The molecule has 1 fully saturated rings. The van der Waals surface area contributed by atoms with Gasteiger partial charge in [-0.1, -0.05) is 12.1 Å². The topological polar surface area (TPSA) is 68.5 Å². The molecule has 2 N–H and O–H groups in total. The molecule has 1 atom stereocenters. The van der Waals surface area contributed by atoms with Crippen molar-refractivity contribution >= 4 is 11.7 Å². The number of nitrogens with zero attached hydrogens (tertiary/aromatic N) is 2. The molecular formula is C20H24FN3O2. The third-order valence-electron chi connectivity index (χ3n) is 4.63. The molecular weight excluding hydrogens is 333 g/mol. The van der Waals surface area contributed by atoms with E-state index in [9.17, 15) is 9.18 Å². The van der Waals surface area contributed by atoms with E-state index in [0.717, 1.165) is 24.0 Å². The van der Waals surface area contributed by atoms with Crippen LogP contribution in [-0.2, 0) is 22.4 Å². The maximum absolute atomic E-state index is 12.9. The number of anilines is 1. The number of ether oxygens (including phenoxy) is 1. The van der Waals surface area contributed by atoms with Gasteiger partial charge in [-0.25, -0.2) is 9.37 Å². The van der Waals surface area contributed by atoms with Gasteiger partial charge in [0.2, 0.25) is 5.91 Å². The first kappa shape index (κ1) is 18.3. The van der Waals surface area contributed by atoms with E-state index in [1.807, 2.05) is 17.0 Å². The third-order valence-corrected chi connectivity index (χ3v) is 4.63. The van der Waals surface area contributed by atoms with Crippen LogP contribution in [0, 0.1) is 5.82 Å². The number of hydrogen-bond donors (Lipinski definition) is 1. The summed E-state index contributed by atoms with van der Waals surface area (Å²) in [7, 11) is 0. The van der Waals surface area contributed by atoms with Crippen molar-refractivity contribution < 1.29 is 13.9 Å². The average molecular weight is 357 g/mol. The van der Waals surface area contributed by atoms with Gasteiger partial charge in [0.25, 0.3) is 0 Å². The van der Waals surface area contributed by atoms with Crippen LogP contribution in [0.3, 0.4) is 0 Å². The van der Waals surface area contributed by atoms with Crippen LogP contribution in [-0.4, -0.2) is 41.6 Å². The van der Waals surface area contributed by atoms with E-state index in [4.69, 9.17) is 10.5 Å². The van der Waals surface area contributed by atoms with Crippen LogP contribution in [0.4, 0.5) is 10.2 Å². The average Bonchev–Trinajstić information content (AvgIpc) is 2.66. The molecule has 1 unspecified atom stereocenters. The van der Waals surface area contributed by atoms with E-state index in [1.54, 1.807) is 18.3 Å². The zero-order chi connectivity index (χ0) is 18.4. The molecule has 2 heterocycles. The number of nitrogen functional groups attached to an aromatic ring is 1. The lowest BCUT2D eigenvalue weighted by molar-refractivity contribution is -0.138. The van der Waals surface area contributed by atoms with Gasteiger partial charge in [-0.2, -0.15) is 0 Å². The Balaban J connectivity index is 1.46. The van der Waals surface area contributed by atoms with Crippen LogP contribution in [0.5, 0.6) is 0 Å². The van der Waals surface area contributed by atoms with Crippen molar-refractivity contribution in [3.63, 3.8) is 0 Å². The number of nitrogens with two attached hydrogens (primary N) is 1. The molecule has 1 aliphatic heterocycles. The predicted molar refractivity (Wildman–Crippen MR) is 98.0 cm³/mol. The Kier molecular flexibility index (Phi) is 6.17. The lowest BCUT2D eigenvalue weighted by atomic mass is 10.1. The summed E-state index contributed by atoms with van der Waals surface area (Å²) >= 11 is 0. The van der Waals surface area contributed by atoms with E-state index in [2.05, 4.69) is 4.98 Å². The highest BCUT2D eigenvalue weighted by molar-refractivity contribution is 5.76. The highest BCUT2D eigenvalue weighted by atomic mass is 19.1. The molecule has 1 amide bonds. The summed E-state index contributed by atoms with van der Waals surface area (Å²) in [6.45, 7) is 1.80. The Hall–Kier alpha value is -2.47. The van der Waals surface area contributed by atoms with Crippen LogP contribution in [0.15, 0.2) is 42.6 Å². The lowest BCUT2D eigenvalue weighted by Crippen LogP contribution is -2.45. The summed E-state index contributed by atoms with van der Waals surface area (Å²) in [6.07, 6.45) is 4.47. The van der Waals surface area contributed by atoms with Crippen molar-refractivity contribution in [1.82, 2.24) is 9.88 Å². The first-order valence-electron chi connectivity index (χ1n) is 8.94. The normalized spacial score (nSPS) is 17.3. The fourth-order valence-electron chi connectivity index (χ4n) is 3.16. The van der Waals surface area contributed by atoms with Crippen LogP contribution >= 0.6 is 0 Å². The third kappa shape index (κ3) is 5.26. The number of carbonyl (C=O) groups excluding carboxylic acids is 1. The smallest absolute Gasteiger partial charge is 0.223 e. The fraction of sp³-hybridized carbons (Fsp3) is 0.400. The number of amides is 1. The second-order valence-electron chi connectivity index (χ2n) is 6.59. The first-order chi connectivity index (χ1) is 12.6. The summed E-state index contributed by atoms with van der Waals surface area (Å²) in [5.41, 5.74) is 7.80.